The van der Waals surface area contributed by atoms with E-state index in [1.54, 1.807) is 0 Å². The Labute approximate surface area is 137 Å². The Kier molecular flexibility index (Phi) is 5.02. The summed E-state index contributed by atoms with van der Waals surface area (Å²) in [5.74, 6) is 2.07. The van der Waals surface area contributed by atoms with Crippen LogP contribution in [0.4, 0.5) is 5.13 Å². The molecule has 2 heterocycles. The molecule has 2 aliphatic rings. The van der Waals surface area contributed by atoms with Gasteiger partial charge in [0.2, 0.25) is 5.13 Å². The average molecular weight is 344 g/mol. The summed E-state index contributed by atoms with van der Waals surface area (Å²) in [6.07, 6.45) is 9.72. The second-order valence-electron chi connectivity index (χ2n) is 6.82. The standard InChI is InChI=1S/C15H25N3O2S2/c1-22(19,20)11-12-6-5-9-18(10-12)15-16-14(17-21-15)13-7-3-2-4-8-13/h12-13H,2-11H2,1H3. The van der Waals surface area contributed by atoms with Crippen LogP contribution in [-0.2, 0) is 9.84 Å². The SMILES string of the molecule is CS(=O)(=O)CC1CCCN(c2nc(C3CCCCC3)ns2)C1. The van der Waals surface area contributed by atoms with Crippen LogP contribution in [0.2, 0.25) is 0 Å². The van der Waals surface area contributed by atoms with Gasteiger partial charge in [-0.2, -0.15) is 4.37 Å². The number of piperidine rings is 1. The molecule has 0 radical (unpaired) electrons. The van der Waals surface area contributed by atoms with E-state index in [4.69, 9.17) is 4.98 Å². The Morgan fingerprint density at radius 2 is 1.95 bits per heavy atom. The summed E-state index contributed by atoms with van der Waals surface area (Å²) in [6.45, 7) is 1.77. The minimum absolute atomic E-state index is 0.228. The van der Waals surface area contributed by atoms with Crippen molar-refractivity contribution >= 4 is 26.5 Å². The van der Waals surface area contributed by atoms with E-state index in [0.717, 1.165) is 36.9 Å². The van der Waals surface area contributed by atoms with Crippen molar-refractivity contribution in [2.24, 2.45) is 5.92 Å². The van der Waals surface area contributed by atoms with E-state index < -0.39 is 9.84 Å². The molecule has 7 heteroatoms. The number of hydrogen-bond donors (Lipinski definition) is 0. The van der Waals surface area contributed by atoms with Gasteiger partial charge < -0.3 is 4.90 Å². The van der Waals surface area contributed by atoms with Crippen molar-refractivity contribution < 1.29 is 8.42 Å². The maximum Gasteiger partial charge on any atom is 0.205 e. The summed E-state index contributed by atoms with van der Waals surface area (Å²) in [7, 11) is -2.90. The van der Waals surface area contributed by atoms with E-state index in [1.807, 2.05) is 0 Å². The molecule has 3 rings (SSSR count). The second-order valence-corrected chi connectivity index (χ2v) is 9.73. The third kappa shape index (κ3) is 4.19. The molecule has 1 aromatic heterocycles. The molecule has 1 atom stereocenters. The first-order valence-electron chi connectivity index (χ1n) is 8.27. The van der Waals surface area contributed by atoms with E-state index in [-0.39, 0.29) is 11.7 Å². The highest BCUT2D eigenvalue weighted by Gasteiger charge is 2.26. The van der Waals surface area contributed by atoms with Crippen LogP contribution in [0.3, 0.4) is 0 Å². The molecule has 0 spiro atoms. The average Bonchev–Trinajstić information content (AvgIpc) is 2.96. The topological polar surface area (TPSA) is 63.2 Å². The number of hydrogen-bond acceptors (Lipinski definition) is 6. The summed E-state index contributed by atoms with van der Waals surface area (Å²) < 4.78 is 27.6. The van der Waals surface area contributed by atoms with Gasteiger partial charge in [-0.05, 0) is 31.6 Å². The third-order valence-corrected chi connectivity index (χ3v) is 6.60. The van der Waals surface area contributed by atoms with Gasteiger partial charge in [0.1, 0.15) is 15.7 Å². The first-order chi connectivity index (χ1) is 10.5. The van der Waals surface area contributed by atoms with Gasteiger partial charge in [-0.25, -0.2) is 13.4 Å². The summed E-state index contributed by atoms with van der Waals surface area (Å²) in [5, 5.41) is 0.985. The normalized spacial score (nSPS) is 24.6. The van der Waals surface area contributed by atoms with E-state index in [1.165, 1.54) is 49.9 Å². The molecule has 1 saturated carbocycles. The summed E-state index contributed by atoms with van der Waals surface area (Å²) >= 11 is 1.49. The maximum atomic E-state index is 11.5. The highest BCUT2D eigenvalue weighted by Crippen LogP contribution is 2.34. The molecular formula is C15H25N3O2S2. The minimum Gasteiger partial charge on any atom is -0.347 e. The largest absolute Gasteiger partial charge is 0.347 e. The number of anilines is 1. The lowest BCUT2D eigenvalue weighted by molar-refractivity contribution is 0.429. The zero-order chi connectivity index (χ0) is 15.6. The molecule has 5 nitrogen and oxygen atoms in total. The van der Waals surface area contributed by atoms with Gasteiger partial charge in [0, 0.05) is 36.8 Å². The summed E-state index contributed by atoms with van der Waals surface area (Å²) in [4.78, 5) is 7.01. The molecule has 2 fully saturated rings. The fourth-order valence-electron chi connectivity index (χ4n) is 3.68. The Hall–Kier alpha value is -0.690. The van der Waals surface area contributed by atoms with Crippen LogP contribution in [-0.4, -0.2) is 42.9 Å². The van der Waals surface area contributed by atoms with E-state index in [0.29, 0.717) is 5.92 Å². The van der Waals surface area contributed by atoms with E-state index in [2.05, 4.69) is 9.27 Å². The summed E-state index contributed by atoms with van der Waals surface area (Å²) in [6, 6.07) is 0. The van der Waals surface area contributed by atoms with Crippen molar-refractivity contribution in [1.82, 2.24) is 9.36 Å². The Balaban J connectivity index is 1.64. The van der Waals surface area contributed by atoms with Gasteiger partial charge in [-0.15, -0.1) is 0 Å². The number of sulfone groups is 1. The highest BCUT2D eigenvalue weighted by atomic mass is 32.2. The zero-order valence-corrected chi connectivity index (χ0v) is 14.8. The maximum absolute atomic E-state index is 11.5. The third-order valence-electron chi connectivity index (χ3n) is 4.73. The molecule has 1 unspecified atom stereocenters. The van der Waals surface area contributed by atoms with Crippen LogP contribution in [0.25, 0.3) is 0 Å². The van der Waals surface area contributed by atoms with Crippen LogP contribution in [0.5, 0.6) is 0 Å². The van der Waals surface area contributed by atoms with Crippen LogP contribution in [0.1, 0.15) is 56.7 Å². The molecule has 1 aliphatic heterocycles. The van der Waals surface area contributed by atoms with Crippen molar-refractivity contribution in [2.75, 3.05) is 30.0 Å². The van der Waals surface area contributed by atoms with Crippen molar-refractivity contribution in [3.05, 3.63) is 5.82 Å². The van der Waals surface area contributed by atoms with Gasteiger partial charge in [-0.3, -0.25) is 0 Å². The smallest absolute Gasteiger partial charge is 0.205 e. The molecule has 1 aromatic rings. The molecule has 0 bridgehead atoms. The second kappa shape index (κ2) is 6.83. The van der Waals surface area contributed by atoms with E-state index in [9.17, 15) is 8.42 Å². The van der Waals surface area contributed by atoms with Crippen LogP contribution < -0.4 is 4.90 Å². The van der Waals surface area contributed by atoms with Gasteiger partial charge in [0.05, 0.1) is 5.75 Å². The molecule has 124 valence electrons. The van der Waals surface area contributed by atoms with E-state index >= 15 is 0 Å². The first kappa shape index (κ1) is 16.2. The van der Waals surface area contributed by atoms with Crippen molar-refractivity contribution in [3.8, 4) is 0 Å². The number of nitrogens with zero attached hydrogens (tertiary/aromatic N) is 3. The lowest BCUT2D eigenvalue weighted by Crippen LogP contribution is -2.38. The highest BCUT2D eigenvalue weighted by molar-refractivity contribution is 7.90. The lowest BCUT2D eigenvalue weighted by atomic mass is 9.89. The zero-order valence-electron chi connectivity index (χ0n) is 13.2. The predicted octanol–water partition coefficient (Wildman–Crippen LogP) is 2.85. The lowest BCUT2D eigenvalue weighted by Gasteiger charge is -2.31. The Morgan fingerprint density at radius 3 is 2.68 bits per heavy atom. The summed E-state index contributed by atoms with van der Waals surface area (Å²) in [5.41, 5.74) is 0. The molecular weight excluding hydrogens is 318 g/mol. The number of aromatic nitrogens is 2. The quantitative estimate of drug-likeness (QED) is 0.841. The first-order valence-corrected chi connectivity index (χ1v) is 11.1. The Morgan fingerprint density at radius 1 is 1.18 bits per heavy atom. The fraction of sp³-hybridized carbons (Fsp3) is 0.867. The molecule has 0 N–H and O–H groups in total. The van der Waals surface area contributed by atoms with Crippen molar-refractivity contribution in [1.29, 1.82) is 0 Å². The Bertz CT molecular complexity index is 594. The van der Waals surface area contributed by atoms with Gasteiger partial charge >= 0.3 is 0 Å². The van der Waals surface area contributed by atoms with Gasteiger partial charge in [-0.1, -0.05) is 19.3 Å². The molecule has 0 aromatic carbocycles. The van der Waals surface area contributed by atoms with Crippen LogP contribution in [0.15, 0.2) is 0 Å². The molecule has 1 aliphatic carbocycles. The van der Waals surface area contributed by atoms with Crippen LogP contribution >= 0.6 is 11.5 Å². The van der Waals surface area contributed by atoms with Crippen molar-refractivity contribution in [2.45, 2.75) is 50.9 Å². The monoisotopic (exact) mass is 343 g/mol. The van der Waals surface area contributed by atoms with Gasteiger partial charge in [0.25, 0.3) is 0 Å². The number of rotatable bonds is 4. The van der Waals surface area contributed by atoms with Crippen LogP contribution in [0, 0.1) is 5.92 Å². The fourth-order valence-corrected chi connectivity index (χ4v) is 5.59. The molecule has 1 saturated heterocycles. The minimum atomic E-state index is -2.90. The van der Waals surface area contributed by atoms with Crippen molar-refractivity contribution in [3.63, 3.8) is 0 Å². The van der Waals surface area contributed by atoms with Gasteiger partial charge in [0.15, 0.2) is 0 Å². The molecule has 0 amide bonds. The molecule has 22 heavy (non-hydrogen) atoms. The predicted molar refractivity (Wildman–Crippen MR) is 90.4 cm³/mol.